The van der Waals surface area contributed by atoms with E-state index in [1.54, 1.807) is 0 Å². The number of carbonyl (C=O) groups is 4. The Morgan fingerprint density at radius 1 is 0.967 bits per heavy atom. The summed E-state index contributed by atoms with van der Waals surface area (Å²) in [6.45, 7) is 4.27. The van der Waals surface area contributed by atoms with Crippen LogP contribution in [-0.2, 0) is 38.7 Å². The molecule has 30 heavy (non-hydrogen) atoms. The SMILES string of the molecule is CNCCOCCOCC(=O)NC(CCC(C)=O)C(=O)O.CNS(=O)(=O)CC(C)=O. The molecule has 0 spiro atoms. The number of aliphatic carboxylic acids is 1. The van der Waals surface area contributed by atoms with E-state index in [2.05, 4.69) is 10.6 Å². The first-order chi connectivity index (χ1) is 13.9. The van der Waals surface area contributed by atoms with Crippen molar-refractivity contribution in [1.29, 1.82) is 0 Å². The number of ketones is 2. The second-order valence-electron chi connectivity index (χ2n) is 6.13. The Bertz CT molecular complexity index is 638. The van der Waals surface area contributed by atoms with E-state index in [1.165, 1.54) is 20.9 Å². The van der Waals surface area contributed by atoms with Gasteiger partial charge in [-0.1, -0.05) is 0 Å². The minimum Gasteiger partial charge on any atom is -0.480 e. The van der Waals surface area contributed by atoms with E-state index in [0.29, 0.717) is 13.2 Å². The molecule has 0 saturated heterocycles. The molecule has 1 amide bonds. The summed E-state index contributed by atoms with van der Waals surface area (Å²) < 4.78 is 33.2. The van der Waals surface area contributed by atoms with E-state index in [1.807, 2.05) is 11.8 Å². The molecule has 0 aromatic heterocycles. The van der Waals surface area contributed by atoms with Crippen LogP contribution in [0.3, 0.4) is 0 Å². The van der Waals surface area contributed by atoms with Gasteiger partial charge in [0.25, 0.3) is 0 Å². The molecule has 13 heteroatoms. The molecule has 176 valence electrons. The Balaban J connectivity index is 0. The van der Waals surface area contributed by atoms with Gasteiger partial charge >= 0.3 is 5.97 Å². The molecule has 4 N–H and O–H groups in total. The first kappa shape index (κ1) is 30.3. The fourth-order valence-electron chi connectivity index (χ4n) is 1.74. The summed E-state index contributed by atoms with van der Waals surface area (Å²) in [4.78, 5) is 43.5. The fraction of sp³-hybridized carbons (Fsp3) is 0.765. The molecule has 0 aromatic rings. The van der Waals surface area contributed by atoms with Crippen LogP contribution in [0.4, 0.5) is 0 Å². The van der Waals surface area contributed by atoms with E-state index < -0.39 is 33.7 Å². The summed E-state index contributed by atoms with van der Waals surface area (Å²) in [5.74, 6) is -2.60. The average Bonchev–Trinajstić information content (AvgIpc) is 2.63. The molecule has 0 saturated carbocycles. The standard InChI is InChI=1S/C13H24N2O6.C4H9NO3S/c1-10(16)3-4-11(13(18)19)15-12(17)9-21-8-7-20-6-5-14-2;1-4(6)3-9(7,8)5-2/h11,14H,3-9H2,1-2H3,(H,15,17)(H,18,19);5H,3H2,1-2H3. The average molecular weight is 456 g/mol. The Labute approximate surface area is 177 Å². The molecule has 0 aromatic carbocycles. The summed E-state index contributed by atoms with van der Waals surface area (Å²) in [7, 11) is -0.228. The van der Waals surface area contributed by atoms with Crippen LogP contribution >= 0.6 is 0 Å². The number of sulfonamides is 1. The quantitative estimate of drug-likeness (QED) is 0.196. The Kier molecular flexibility index (Phi) is 18.0. The van der Waals surface area contributed by atoms with E-state index in [9.17, 15) is 27.6 Å². The molecule has 0 aliphatic heterocycles. The Hall–Kier alpha value is -1.93. The van der Waals surface area contributed by atoms with Crippen molar-refractivity contribution in [3.05, 3.63) is 0 Å². The molecule has 0 fully saturated rings. The first-order valence-electron chi connectivity index (χ1n) is 9.17. The minimum atomic E-state index is -3.32. The van der Waals surface area contributed by atoms with Crippen molar-refractivity contribution in [1.82, 2.24) is 15.4 Å². The maximum atomic E-state index is 11.5. The lowest BCUT2D eigenvalue weighted by molar-refractivity contribution is -0.143. The van der Waals surface area contributed by atoms with Gasteiger partial charge in [0, 0.05) is 13.0 Å². The monoisotopic (exact) mass is 455 g/mol. The maximum absolute atomic E-state index is 11.5. The van der Waals surface area contributed by atoms with Crippen LogP contribution in [-0.4, -0.2) is 95.8 Å². The van der Waals surface area contributed by atoms with Crippen molar-refractivity contribution in [2.75, 3.05) is 52.8 Å². The van der Waals surface area contributed by atoms with E-state index in [4.69, 9.17) is 14.6 Å². The molecule has 0 aliphatic rings. The molecule has 1 unspecified atom stereocenters. The fourth-order valence-corrected chi connectivity index (χ4v) is 2.42. The van der Waals surface area contributed by atoms with E-state index in [-0.39, 0.29) is 37.6 Å². The van der Waals surface area contributed by atoms with Gasteiger partial charge in [-0.15, -0.1) is 0 Å². The third-order valence-corrected chi connectivity index (χ3v) is 4.63. The summed E-state index contributed by atoms with van der Waals surface area (Å²) in [5, 5.41) is 14.2. The van der Waals surface area contributed by atoms with Crippen LogP contribution in [0.15, 0.2) is 0 Å². The number of rotatable bonds is 16. The highest BCUT2D eigenvalue weighted by atomic mass is 32.2. The molecule has 12 nitrogen and oxygen atoms in total. The second-order valence-corrected chi connectivity index (χ2v) is 8.06. The number of hydrogen-bond acceptors (Lipinski definition) is 9. The van der Waals surface area contributed by atoms with Crippen molar-refractivity contribution in [3.63, 3.8) is 0 Å². The number of likely N-dealkylation sites (N-methyl/N-ethyl adjacent to an activating group) is 1. The summed E-state index contributed by atoms with van der Waals surface area (Å²) >= 11 is 0. The van der Waals surface area contributed by atoms with Gasteiger partial charge in [0.1, 0.15) is 30.0 Å². The lowest BCUT2D eigenvalue weighted by Gasteiger charge is -2.13. The Morgan fingerprint density at radius 3 is 2.00 bits per heavy atom. The highest BCUT2D eigenvalue weighted by Crippen LogP contribution is 1.99. The number of hydrogen-bond donors (Lipinski definition) is 4. The lowest BCUT2D eigenvalue weighted by atomic mass is 10.1. The third kappa shape index (κ3) is 20.8. The topological polar surface area (TPSA) is 177 Å². The van der Waals surface area contributed by atoms with Crippen LogP contribution in [0.5, 0.6) is 0 Å². The van der Waals surface area contributed by atoms with Gasteiger partial charge in [-0.05, 0) is 34.4 Å². The van der Waals surface area contributed by atoms with Gasteiger partial charge in [0.05, 0.1) is 19.8 Å². The zero-order valence-electron chi connectivity index (χ0n) is 17.9. The van der Waals surface area contributed by atoms with Crippen LogP contribution in [0.2, 0.25) is 0 Å². The number of carboxylic acid groups (broad SMARTS) is 1. The van der Waals surface area contributed by atoms with Crippen LogP contribution in [0, 0.1) is 0 Å². The lowest BCUT2D eigenvalue weighted by Crippen LogP contribution is -2.42. The van der Waals surface area contributed by atoms with Crippen LogP contribution < -0.4 is 15.4 Å². The van der Waals surface area contributed by atoms with Gasteiger partial charge < -0.3 is 30.0 Å². The zero-order chi connectivity index (χ0) is 23.6. The van der Waals surface area contributed by atoms with Crippen LogP contribution in [0.25, 0.3) is 0 Å². The first-order valence-corrected chi connectivity index (χ1v) is 10.8. The second kappa shape index (κ2) is 17.9. The van der Waals surface area contributed by atoms with Crippen molar-refractivity contribution in [2.45, 2.75) is 32.7 Å². The molecule has 1 atom stereocenters. The minimum absolute atomic E-state index is 0.0730. The van der Waals surface area contributed by atoms with Crippen molar-refractivity contribution < 1.29 is 42.2 Å². The number of carboxylic acids is 1. The third-order valence-electron chi connectivity index (χ3n) is 3.22. The van der Waals surface area contributed by atoms with Gasteiger partial charge in [0.2, 0.25) is 15.9 Å². The number of amides is 1. The number of ether oxygens (including phenoxy) is 2. The predicted octanol–water partition coefficient (Wildman–Crippen LogP) is -1.70. The van der Waals surface area contributed by atoms with Crippen molar-refractivity contribution in [3.8, 4) is 0 Å². The Morgan fingerprint density at radius 2 is 1.57 bits per heavy atom. The number of nitrogens with one attached hydrogen (secondary N) is 3. The predicted molar refractivity (Wildman–Crippen MR) is 109 cm³/mol. The molecule has 0 bridgehead atoms. The highest BCUT2D eigenvalue weighted by molar-refractivity contribution is 7.90. The van der Waals surface area contributed by atoms with Gasteiger partial charge in [-0.2, -0.15) is 0 Å². The van der Waals surface area contributed by atoms with Gasteiger partial charge in [-0.25, -0.2) is 17.9 Å². The summed E-state index contributed by atoms with van der Waals surface area (Å²) in [5.41, 5.74) is 0. The number of carbonyl (C=O) groups excluding carboxylic acids is 3. The van der Waals surface area contributed by atoms with Gasteiger partial charge in [-0.3, -0.25) is 9.59 Å². The van der Waals surface area contributed by atoms with Crippen molar-refractivity contribution >= 4 is 33.5 Å². The summed E-state index contributed by atoms with van der Waals surface area (Å²) in [6.07, 6.45) is 0.181. The highest BCUT2D eigenvalue weighted by Gasteiger charge is 2.20. The molecule has 0 rings (SSSR count). The molecule has 0 aliphatic carbocycles. The molecule has 0 heterocycles. The number of Topliss-reactive ketones (excluding diaryl/α,β-unsaturated/α-hetero) is 2. The normalized spacial score (nSPS) is 11.7. The largest absolute Gasteiger partial charge is 0.480 e. The molecular formula is C17H33N3O9S. The smallest absolute Gasteiger partial charge is 0.326 e. The van der Waals surface area contributed by atoms with E-state index in [0.717, 1.165) is 6.54 Å². The van der Waals surface area contributed by atoms with E-state index >= 15 is 0 Å². The molecule has 0 radical (unpaired) electrons. The zero-order valence-corrected chi connectivity index (χ0v) is 18.7. The van der Waals surface area contributed by atoms with Crippen molar-refractivity contribution in [2.24, 2.45) is 0 Å². The molecular weight excluding hydrogens is 422 g/mol. The van der Waals surface area contributed by atoms with Gasteiger partial charge in [0.15, 0.2) is 0 Å². The maximum Gasteiger partial charge on any atom is 0.326 e. The summed E-state index contributed by atoms with van der Waals surface area (Å²) in [6, 6.07) is -1.07. The van der Waals surface area contributed by atoms with Crippen LogP contribution in [0.1, 0.15) is 26.7 Å².